The van der Waals surface area contributed by atoms with Gasteiger partial charge in [0.05, 0.1) is 10.5 Å². The van der Waals surface area contributed by atoms with Crippen LogP contribution < -0.4 is 4.72 Å². The van der Waals surface area contributed by atoms with E-state index >= 15 is 0 Å². The molecule has 0 spiro atoms. The Morgan fingerprint density at radius 1 is 1.43 bits per heavy atom. The minimum absolute atomic E-state index is 0.150. The molecule has 5 nitrogen and oxygen atoms in total. The molecule has 1 aromatic carbocycles. The van der Waals surface area contributed by atoms with Crippen molar-refractivity contribution in [3.05, 3.63) is 29.6 Å². The van der Waals surface area contributed by atoms with Crippen LogP contribution in [0.5, 0.6) is 0 Å². The number of carboxylic acid groups (broad SMARTS) is 1. The van der Waals surface area contributed by atoms with E-state index in [0.717, 1.165) is 37.5 Å². The van der Waals surface area contributed by atoms with Crippen molar-refractivity contribution >= 4 is 16.0 Å². The van der Waals surface area contributed by atoms with Crippen LogP contribution in [-0.4, -0.2) is 25.5 Å². The van der Waals surface area contributed by atoms with Crippen LogP contribution in [-0.2, 0) is 10.0 Å². The summed E-state index contributed by atoms with van der Waals surface area (Å²) in [6.45, 7) is 3.97. The van der Waals surface area contributed by atoms with Gasteiger partial charge >= 0.3 is 5.97 Å². The van der Waals surface area contributed by atoms with Crippen LogP contribution in [0.4, 0.5) is 4.39 Å². The third-order valence-electron chi connectivity index (χ3n) is 4.03. The van der Waals surface area contributed by atoms with Crippen molar-refractivity contribution in [1.29, 1.82) is 0 Å². The summed E-state index contributed by atoms with van der Waals surface area (Å²) in [6.07, 6.45) is 2.59. The number of hydrogen-bond donors (Lipinski definition) is 2. The van der Waals surface area contributed by atoms with Gasteiger partial charge in [-0.05, 0) is 36.5 Å². The van der Waals surface area contributed by atoms with Gasteiger partial charge in [-0.2, -0.15) is 0 Å². The fourth-order valence-electron chi connectivity index (χ4n) is 2.64. The third kappa shape index (κ3) is 3.24. The van der Waals surface area contributed by atoms with E-state index in [1.165, 1.54) is 0 Å². The lowest BCUT2D eigenvalue weighted by Gasteiger charge is -2.27. The Bertz CT molecular complexity index is 670. The van der Waals surface area contributed by atoms with Gasteiger partial charge < -0.3 is 5.11 Å². The Kier molecular flexibility index (Phi) is 4.08. The molecule has 0 amide bonds. The summed E-state index contributed by atoms with van der Waals surface area (Å²) in [5.74, 6) is -2.45. The number of sulfonamides is 1. The van der Waals surface area contributed by atoms with Gasteiger partial charge in [-0.25, -0.2) is 22.3 Å². The van der Waals surface area contributed by atoms with Crippen LogP contribution in [0.1, 0.15) is 43.5 Å². The normalized spacial score (nSPS) is 21.4. The molecule has 0 aliphatic heterocycles. The van der Waals surface area contributed by atoms with E-state index in [0.29, 0.717) is 0 Å². The van der Waals surface area contributed by atoms with Gasteiger partial charge in [0.25, 0.3) is 0 Å². The average Bonchev–Trinajstić information content (AvgIpc) is 2.68. The summed E-state index contributed by atoms with van der Waals surface area (Å²) in [7, 11) is -3.87. The molecule has 1 aromatic rings. The number of aromatic carboxylic acids is 1. The van der Waals surface area contributed by atoms with Gasteiger partial charge in [0, 0.05) is 6.04 Å². The van der Waals surface area contributed by atoms with E-state index in [1.54, 1.807) is 0 Å². The fraction of sp³-hybridized carbons (Fsp3) is 0.500. The molecule has 1 atom stereocenters. The van der Waals surface area contributed by atoms with Crippen LogP contribution in [0.15, 0.2) is 23.1 Å². The summed E-state index contributed by atoms with van der Waals surface area (Å²) in [6, 6.07) is 2.58. The minimum Gasteiger partial charge on any atom is -0.478 e. The van der Waals surface area contributed by atoms with E-state index < -0.39 is 27.4 Å². The number of nitrogens with one attached hydrogen (secondary N) is 1. The van der Waals surface area contributed by atoms with Gasteiger partial charge in [0.2, 0.25) is 10.0 Å². The molecule has 116 valence electrons. The SMILES string of the molecule is CC1(C)CCCC1NS(=O)(=O)c1ccc(F)c(C(=O)O)c1. The average molecular weight is 315 g/mol. The first-order valence-electron chi connectivity index (χ1n) is 6.69. The van der Waals surface area contributed by atoms with Crippen molar-refractivity contribution < 1.29 is 22.7 Å². The molecule has 0 aromatic heterocycles. The second kappa shape index (κ2) is 5.38. The highest BCUT2D eigenvalue weighted by molar-refractivity contribution is 7.89. The maximum absolute atomic E-state index is 13.3. The van der Waals surface area contributed by atoms with Crippen molar-refractivity contribution in [2.75, 3.05) is 0 Å². The number of carboxylic acids is 1. The van der Waals surface area contributed by atoms with Gasteiger partial charge in [-0.15, -0.1) is 0 Å². The summed E-state index contributed by atoms with van der Waals surface area (Å²) in [4.78, 5) is 10.7. The molecular formula is C14H18FNO4S. The zero-order valence-corrected chi connectivity index (χ0v) is 12.7. The molecule has 21 heavy (non-hydrogen) atoms. The zero-order chi connectivity index (χ0) is 15.8. The Morgan fingerprint density at radius 2 is 2.10 bits per heavy atom. The lowest BCUT2D eigenvalue weighted by Crippen LogP contribution is -2.41. The molecule has 0 heterocycles. The van der Waals surface area contributed by atoms with E-state index in [4.69, 9.17) is 5.11 Å². The monoisotopic (exact) mass is 315 g/mol. The third-order valence-corrected chi connectivity index (χ3v) is 5.50. The van der Waals surface area contributed by atoms with E-state index in [2.05, 4.69) is 4.72 Å². The number of benzene rings is 1. The number of hydrogen-bond acceptors (Lipinski definition) is 3. The zero-order valence-electron chi connectivity index (χ0n) is 11.9. The Labute approximate surface area is 123 Å². The Balaban J connectivity index is 2.32. The van der Waals surface area contributed by atoms with Gasteiger partial charge in [0.1, 0.15) is 5.82 Å². The smallest absolute Gasteiger partial charge is 0.338 e. The molecule has 0 saturated heterocycles. The molecule has 1 saturated carbocycles. The maximum Gasteiger partial charge on any atom is 0.338 e. The molecule has 1 unspecified atom stereocenters. The molecule has 2 N–H and O–H groups in total. The number of rotatable bonds is 4. The van der Waals surface area contributed by atoms with Gasteiger partial charge in [-0.3, -0.25) is 0 Å². The molecule has 0 radical (unpaired) electrons. The first kappa shape index (κ1) is 15.9. The van der Waals surface area contributed by atoms with E-state index in [-0.39, 0.29) is 16.4 Å². The molecule has 2 rings (SSSR count). The van der Waals surface area contributed by atoms with Crippen molar-refractivity contribution in [3.8, 4) is 0 Å². The summed E-state index contributed by atoms with van der Waals surface area (Å²) in [5, 5.41) is 8.87. The highest BCUT2D eigenvalue weighted by Crippen LogP contribution is 2.37. The Morgan fingerprint density at radius 3 is 2.62 bits per heavy atom. The molecule has 1 aliphatic carbocycles. The van der Waals surface area contributed by atoms with Gasteiger partial charge in [0.15, 0.2) is 0 Å². The number of halogens is 1. The second-order valence-electron chi connectivity index (χ2n) is 6.00. The largest absolute Gasteiger partial charge is 0.478 e. The fourth-order valence-corrected chi connectivity index (χ4v) is 4.10. The van der Waals surface area contributed by atoms with Gasteiger partial charge in [-0.1, -0.05) is 20.3 Å². The Hall–Kier alpha value is -1.47. The second-order valence-corrected chi connectivity index (χ2v) is 7.72. The van der Waals surface area contributed by atoms with Crippen molar-refractivity contribution in [1.82, 2.24) is 4.72 Å². The molecular weight excluding hydrogens is 297 g/mol. The summed E-state index contributed by atoms with van der Waals surface area (Å²) >= 11 is 0. The molecule has 1 aliphatic rings. The lowest BCUT2D eigenvalue weighted by atomic mass is 9.88. The maximum atomic E-state index is 13.3. The van der Waals surface area contributed by atoms with Crippen molar-refractivity contribution in [2.24, 2.45) is 5.41 Å². The minimum atomic E-state index is -3.87. The predicted octanol–water partition coefficient (Wildman–Crippen LogP) is 2.38. The highest BCUT2D eigenvalue weighted by Gasteiger charge is 2.37. The first-order valence-corrected chi connectivity index (χ1v) is 8.17. The van der Waals surface area contributed by atoms with Crippen molar-refractivity contribution in [2.45, 2.75) is 44.0 Å². The topological polar surface area (TPSA) is 83.5 Å². The summed E-state index contributed by atoms with van der Waals surface area (Å²) in [5.41, 5.74) is -0.800. The van der Waals surface area contributed by atoms with Crippen LogP contribution in [0.3, 0.4) is 0 Å². The highest BCUT2D eigenvalue weighted by atomic mass is 32.2. The lowest BCUT2D eigenvalue weighted by molar-refractivity contribution is 0.0691. The van der Waals surface area contributed by atoms with E-state index in [1.807, 2.05) is 13.8 Å². The predicted molar refractivity (Wildman–Crippen MR) is 75.1 cm³/mol. The molecule has 0 bridgehead atoms. The van der Waals surface area contributed by atoms with E-state index in [9.17, 15) is 17.6 Å². The van der Waals surface area contributed by atoms with Crippen LogP contribution in [0, 0.1) is 11.2 Å². The van der Waals surface area contributed by atoms with Crippen LogP contribution in [0.25, 0.3) is 0 Å². The van der Waals surface area contributed by atoms with Crippen LogP contribution >= 0.6 is 0 Å². The first-order chi connectivity index (χ1) is 9.63. The van der Waals surface area contributed by atoms with Crippen molar-refractivity contribution in [3.63, 3.8) is 0 Å². The van der Waals surface area contributed by atoms with Crippen LogP contribution in [0.2, 0.25) is 0 Å². The quantitative estimate of drug-likeness (QED) is 0.893. The summed E-state index contributed by atoms with van der Waals surface area (Å²) < 4.78 is 40.6. The standard InChI is InChI=1S/C14H18FNO4S/c1-14(2)7-3-4-12(14)16-21(19,20)9-5-6-11(15)10(8-9)13(17)18/h5-6,8,12,16H,3-4,7H2,1-2H3,(H,17,18). The number of carbonyl (C=O) groups is 1. The molecule has 1 fully saturated rings. The molecule has 7 heteroatoms.